The van der Waals surface area contributed by atoms with Crippen molar-refractivity contribution in [2.75, 3.05) is 32.0 Å². The summed E-state index contributed by atoms with van der Waals surface area (Å²) in [5.74, 6) is 1.97. The number of carbonyl (C=O) groups is 1. The maximum atomic E-state index is 12.6. The first-order valence-electron chi connectivity index (χ1n) is 10.6. The largest absolute Gasteiger partial charge is 0.373 e. The van der Waals surface area contributed by atoms with E-state index in [9.17, 15) is 4.79 Å². The second-order valence-electron chi connectivity index (χ2n) is 8.06. The molecule has 0 radical (unpaired) electrons. The number of anilines is 1. The average molecular weight is 373 g/mol. The number of aromatic nitrogens is 2. The molecule has 2 fully saturated rings. The Morgan fingerprint density at radius 1 is 1.19 bits per heavy atom. The van der Waals surface area contributed by atoms with Crippen LogP contribution in [-0.4, -0.2) is 53.5 Å². The molecule has 3 aliphatic rings. The van der Waals surface area contributed by atoms with Crippen molar-refractivity contribution in [3.8, 4) is 0 Å². The average Bonchev–Trinajstić information content (AvgIpc) is 3.15. The minimum Gasteiger partial charge on any atom is -0.373 e. The monoisotopic (exact) mass is 372 g/mol. The first-order chi connectivity index (χ1) is 13.2. The Kier molecular flexibility index (Phi) is 5.88. The Hall–Kier alpha value is -1.73. The van der Waals surface area contributed by atoms with Crippen LogP contribution in [0.3, 0.4) is 0 Å². The molecule has 1 saturated carbocycles. The Labute approximate surface area is 161 Å². The van der Waals surface area contributed by atoms with Crippen LogP contribution in [0.2, 0.25) is 0 Å². The lowest BCUT2D eigenvalue weighted by molar-refractivity contribution is -0.123. The smallest absolute Gasteiger partial charge is 0.234 e. The van der Waals surface area contributed by atoms with Gasteiger partial charge in [0.1, 0.15) is 11.6 Å². The molecule has 1 unspecified atom stereocenters. The molecule has 1 aromatic rings. The van der Waals surface area contributed by atoms with E-state index in [0.29, 0.717) is 12.6 Å². The van der Waals surface area contributed by atoms with Gasteiger partial charge in [-0.2, -0.15) is 0 Å². The molecule has 7 nitrogen and oxygen atoms in total. The number of nitrogens with zero attached hydrogens (tertiary/aromatic N) is 3. The molecule has 1 aliphatic carbocycles. The number of amides is 1. The maximum absolute atomic E-state index is 12.6. The van der Waals surface area contributed by atoms with Crippen molar-refractivity contribution in [3.05, 3.63) is 17.1 Å². The highest BCUT2D eigenvalue weighted by atomic mass is 16.2. The van der Waals surface area contributed by atoms with Gasteiger partial charge >= 0.3 is 0 Å². The zero-order valence-electron chi connectivity index (χ0n) is 16.4. The second-order valence-corrected chi connectivity index (χ2v) is 8.06. The van der Waals surface area contributed by atoms with Crippen molar-refractivity contribution >= 4 is 11.7 Å². The molecule has 3 heterocycles. The Bertz CT molecular complexity index is 655. The first-order valence-corrected chi connectivity index (χ1v) is 10.6. The molecule has 3 N–H and O–H groups in total. The van der Waals surface area contributed by atoms with E-state index in [2.05, 4.69) is 20.9 Å². The number of hydrogen-bond acceptors (Lipinski definition) is 6. The SMILES string of the molecule is CNc1nc(C2CCCN2CC(=O)NC2CCCCC2)nc2c1CNCC2. The van der Waals surface area contributed by atoms with Gasteiger partial charge in [-0.15, -0.1) is 0 Å². The van der Waals surface area contributed by atoms with Gasteiger partial charge in [0.15, 0.2) is 0 Å². The van der Waals surface area contributed by atoms with Crippen LogP contribution in [0.1, 0.15) is 68.1 Å². The van der Waals surface area contributed by atoms with Crippen LogP contribution in [0.4, 0.5) is 5.82 Å². The number of rotatable bonds is 5. The first kappa shape index (κ1) is 18.6. The predicted molar refractivity (Wildman–Crippen MR) is 106 cm³/mol. The molecule has 1 aromatic heterocycles. The van der Waals surface area contributed by atoms with Gasteiger partial charge in [-0.05, 0) is 32.2 Å². The summed E-state index contributed by atoms with van der Waals surface area (Å²) < 4.78 is 0. The van der Waals surface area contributed by atoms with Gasteiger partial charge in [0.2, 0.25) is 5.91 Å². The molecule has 7 heteroatoms. The third-order valence-corrected chi connectivity index (χ3v) is 6.17. The van der Waals surface area contributed by atoms with Gasteiger partial charge in [0.25, 0.3) is 0 Å². The molecule has 2 aliphatic heterocycles. The second kappa shape index (κ2) is 8.52. The lowest BCUT2D eigenvalue weighted by Crippen LogP contribution is -2.43. The van der Waals surface area contributed by atoms with Crippen molar-refractivity contribution in [1.82, 2.24) is 25.5 Å². The third-order valence-electron chi connectivity index (χ3n) is 6.17. The van der Waals surface area contributed by atoms with Gasteiger partial charge in [0.05, 0.1) is 18.3 Å². The predicted octanol–water partition coefficient (Wildman–Crippen LogP) is 1.75. The Morgan fingerprint density at radius 3 is 2.85 bits per heavy atom. The topological polar surface area (TPSA) is 82.2 Å². The van der Waals surface area contributed by atoms with Crippen molar-refractivity contribution in [3.63, 3.8) is 0 Å². The van der Waals surface area contributed by atoms with Gasteiger partial charge < -0.3 is 16.0 Å². The summed E-state index contributed by atoms with van der Waals surface area (Å²) in [5, 5.41) is 9.88. The zero-order chi connectivity index (χ0) is 18.6. The minimum absolute atomic E-state index is 0.148. The molecule has 0 spiro atoms. The third kappa shape index (κ3) is 4.24. The van der Waals surface area contributed by atoms with Crippen molar-refractivity contribution < 1.29 is 4.79 Å². The summed E-state index contributed by atoms with van der Waals surface area (Å²) in [5.41, 5.74) is 2.34. The lowest BCUT2D eigenvalue weighted by atomic mass is 9.95. The highest BCUT2D eigenvalue weighted by Crippen LogP contribution is 2.32. The van der Waals surface area contributed by atoms with Crippen LogP contribution in [0, 0.1) is 0 Å². The van der Waals surface area contributed by atoms with Gasteiger partial charge in [0, 0.05) is 38.2 Å². The Balaban J connectivity index is 1.45. The standard InChI is InChI=1S/C20H32N6O/c1-21-19-15-12-22-10-9-16(15)24-20(25-19)17-8-5-11-26(17)13-18(27)23-14-6-3-2-4-7-14/h14,17,22H,2-13H2,1H3,(H,23,27)(H,21,24,25). The number of nitrogens with one attached hydrogen (secondary N) is 3. The molecule has 1 amide bonds. The lowest BCUT2D eigenvalue weighted by Gasteiger charge is -2.27. The van der Waals surface area contributed by atoms with E-state index >= 15 is 0 Å². The van der Waals surface area contributed by atoms with Crippen LogP contribution >= 0.6 is 0 Å². The van der Waals surface area contributed by atoms with Gasteiger partial charge in [-0.25, -0.2) is 9.97 Å². The van der Waals surface area contributed by atoms with Crippen molar-refractivity contribution in [2.24, 2.45) is 0 Å². The summed E-state index contributed by atoms with van der Waals surface area (Å²) in [6.45, 7) is 3.19. The summed E-state index contributed by atoms with van der Waals surface area (Å²) in [6.07, 6.45) is 9.10. The van der Waals surface area contributed by atoms with E-state index in [1.165, 1.54) is 24.8 Å². The minimum atomic E-state index is 0.148. The van der Waals surface area contributed by atoms with Crippen LogP contribution in [0.25, 0.3) is 0 Å². The molecule has 1 atom stereocenters. The summed E-state index contributed by atoms with van der Waals surface area (Å²) in [6, 6.07) is 0.519. The van der Waals surface area contributed by atoms with Crippen LogP contribution < -0.4 is 16.0 Å². The van der Waals surface area contributed by atoms with E-state index in [0.717, 1.165) is 69.1 Å². The normalized spacial score (nSPS) is 23.8. The highest BCUT2D eigenvalue weighted by molar-refractivity contribution is 5.78. The fourth-order valence-electron chi connectivity index (χ4n) is 4.73. The molecule has 0 aromatic carbocycles. The summed E-state index contributed by atoms with van der Waals surface area (Å²) >= 11 is 0. The maximum Gasteiger partial charge on any atom is 0.234 e. The van der Waals surface area contributed by atoms with Gasteiger partial charge in [-0.3, -0.25) is 9.69 Å². The van der Waals surface area contributed by atoms with E-state index < -0.39 is 0 Å². The molecule has 0 bridgehead atoms. The molecule has 148 valence electrons. The van der Waals surface area contributed by atoms with E-state index in [1.807, 2.05) is 7.05 Å². The van der Waals surface area contributed by atoms with E-state index in [-0.39, 0.29) is 11.9 Å². The number of fused-ring (bicyclic) bond motifs is 1. The number of likely N-dealkylation sites (tertiary alicyclic amines) is 1. The quantitative estimate of drug-likeness (QED) is 0.731. The van der Waals surface area contributed by atoms with Crippen molar-refractivity contribution in [2.45, 2.75) is 70.0 Å². The van der Waals surface area contributed by atoms with Crippen LogP contribution in [0.5, 0.6) is 0 Å². The molecular formula is C20H32N6O. The van der Waals surface area contributed by atoms with Gasteiger partial charge in [-0.1, -0.05) is 19.3 Å². The van der Waals surface area contributed by atoms with E-state index in [1.54, 1.807) is 0 Å². The van der Waals surface area contributed by atoms with E-state index in [4.69, 9.17) is 9.97 Å². The van der Waals surface area contributed by atoms with Crippen molar-refractivity contribution in [1.29, 1.82) is 0 Å². The van der Waals surface area contributed by atoms with Crippen LogP contribution in [-0.2, 0) is 17.8 Å². The fourth-order valence-corrected chi connectivity index (χ4v) is 4.73. The molecule has 4 rings (SSSR count). The zero-order valence-corrected chi connectivity index (χ0v) is 16.4. The molecule has 27 heavy (non-hydrogen) atoms. The Morgan fingerprint density at radius 2 is 2.04 bits per heavy atom. The summed E-state index contributed by atoms with van der Waals surface area (Å²) in [4.78, 5) is 24.6. The number of hydrogen-bond donors (Lipinski definition) is 3. The van der Waals surface area contributed by atoms with Crippen LogP contribution in [0.15, 0.2) is 0 Å². The fraction of sp³-hybridized carbons (Fsp3) is 0.750. The number of carbonyl (C=O) groups excluding carboxylic acids is 1. The molecule has 1 saturated heterocycles. The highest BCUT2D eigenvalue weighted by Gasteiger charge is 2.31. The molecular weight excluding hydrogens is 340 g/mol. The summed E-state index contributed by atoms with van der Waals surface area (Å²) in [7, 11) is 1.92.